The predicted molar refractivity (Wildman–Crippen MR) is 140 cm³/mol. The van der Waals surface area contributed by atoms with E-state index in [1.165, 1.54) is 28.8 Å². The highest BCUT2D eigenvalue weighted by atomic mass is 35.5. The number of carbonyl (C=O) groups is 2. The van der Waals surface area contributed by atoms with Crippen molar-refractivity contribution < 1.29 is 19.4 Å². The maximum absolute atomic E-state index is 13.0. The Bertz CT molecular complexity index is 1440. The van der Waals surface area contributed by atoms with Crippen LogP contribution in [0.2, 0.25) is 5.02 Å². The number of hydrogen-bond acceptors (Lipinski definition) is 6. The molecule has 3 aromatic rings. The average Bonchev–Trinajstić information content (AvgIpc) is 3.17. The highest BCUT2D eigenvalue weighted by Crippen LogP contribution is 2.35. The number of nitrogens with zero attached hydrogens (tertiary/aromatic N) is 3. The van der Waals surface area contributed by atoms with Crippen LogP contribution in [0.1, 0.15) is 34.0 Å². The van der Waals surface area contributed by atoms with Gasteiger partial charge >= 0.3 is 5.97 Å². The molecule has 9 heteroatoms. The Balaban J connectivity index is 1.53. The number of ether oxygens (including phenoxy) is 1. The first-order valence-corrected chi connectivity index (χ1v) is 12.1. The molecule has 180 valence electrons. The second kappa shape index (κ2) is 11.1. The van der Waals surface area contributed by atoms with Gasteiger partial charge in [-0.1, -0.05) is 41.9 Å². The molecular formula is C27H20ClN3O4S. The minimum absolute atomic E-state index is 0.123. The van der Waals surface area contributed by atoms with E-state index in [0.717, 1.165) is 5.56 Å². The summed E-state index contributed by atoms with van der Waals surface area (Å²) in [6.45, 7) is 2.46. The van der Waals surface area contributed by atoms with Crippen molar-refractivity contribution >= 4 is 52.2 Å². The number of carbonyl (C=O) groups excluding carboxylic acids is 1. The number of likely N-dealkylation sites (N-methyl/N-ethyl adjacent to an activating group) is 1. The van der Waals surface area contributed by atoms with Crippen LogP contribution in [0.5, 0.6) is 5.75 Å². The van der Waals surface area contributed by atoms with E-state index in [9.17, 15) is 20.0 Å². The van der Waals surface area contributed by atoms with Crippen molar-refractivity contribution in [3.63, 3.8) is 0 Å². The van der Waals surface area contributed by atoms with Crippen LogP contribution >= 0.6 is 23.4 Å². The predicted octanol–water partition coefficient (Wildman–Crippen LogP) is 6.11. The molecule has 4 rings (SSSR count). The summed E-state index contributed by atoms with van der Waals surface area (Å²) in [6, 6.07) is 20.8. The molecule has 1 N–H and O–H groups in total. The Labute approximate surface area is 217 Å². The average molecular weight is 518 g/mol. The lowest BCUT2D eigenvalue weighted by Crippen LogP contribution is -2.28. The van der Waals surface area contributed by atoms with E-state index >= 15 is 0 Å². The lowest BCUT2D eigenvalue weighted by molar-refractivity contribution is -0.122. The zero-order chi connectivity index (χ0) is 25.7. The van der Waals surface area contributed by atoms with Gasteiger partial charge in [-0.25, -0.2) is 9.79 Å². The van der Waals surface area contributed by atoms with Gasteiger partial charge in [-0.2, -0.15) is 5.26 Å². The summed E-state index contributed by atoms with van der Waals surface area (Å²) in [5.41, 5.74) is 2.59. The van der Waals surface area contributed by atoms with E-state index in [-0.39, 0.29) is 18.1 Å². The van der Waals surface area contributed by atoms with Gasteiger partial charge in [0.15, 0.2) is 5.17 Å². The summed E-state index contributed by atoms with van der Waals surface area (Å²) in [6.07, 6.45) is 1.73. The fourth-order valence-corrected chi connectivity index (χ4v) is 4.78. The third kappa shape index (κ3) is 5.60. The van der Waals surface area contributed by atoms with Crippen molar-refractivity contribution in [2.24, 2.45) is 4.99 Å². The Morgan fingerprint density at radius 1 is 1.19 bits per heavy atom. The first-order valence-electron chi connectivity index (χ1n) is 10.9. The summed E-state index contributed by atoms with van der Waals surface area (Å²) >= 11 is 7.64. The molecule has 0 radical (unpaired) electrons. The van der Waals surface area contributed by atoms with Gasteiger partial charge in [-0.3, -0.25) is 9.69 Å². The van der Waals surface area contributed by atoms with Crippen molar-refractivity contribution in [1.29, 1.82) is 5.26 Å². The third-order valence-electron chi connectivity index (χ3n) is 5.30. The van der Waals surface area contributed by atoms with Crippen LogP contribution in [-0.2, 0) is 11.4 Å². The number of benzene rings is 3. The molecule has 1 aliphatic rings. The monoisotopic (exact) mass is 517 g/mol. The summed E-state index contributed by atoms with van der Waals surface area (Å²) in [7, 11) is 0. The molecule has 0 aliphatic carbocycles. The molecule has 1 fully saturated rings. The first kappa shape index (κ1) is 25.0. The van der Waals surface area contributed by atoms with Crippen LogP contribution in [0.15, 0.2) is 76.6 Å². The van der Waals surface area contributed by atoms with E-state index in [4.69, 9.17) is 16.3 Å². The van der Waals surface area contributed by atoms with Crippen LogP contribution in [0.3, 0.4) is 0 Å². The zero-order valence-electron chi connectivity index (χ0n) is 19.1. The number of aromatic carboxylic acids is 1. The van der Waals surface area contributed by atoms with Gasteiger partial charge in [-0.05, 0) is 66.7 Å². The molecule has 1 aliphatic heterocycles. The molecule has 0 saturated carbocycles. The molecule has 0 spiro atoms. The number of hydrogen-bond donors (Lipinski definition) is 1. The van der Waals surface area contributed by atoms with E-state index in [1.807, 2.05) is 19.1 Å². The first-order chi connectivity index (χ1) is 17.4. The van der Waals surface area contributed by atoms with Gasteiger partial charge in [0.1, 0.15) is 12.4 Å². The summed E-state index contributed by atoms with van der Waals surface area (Å²) in [4.78, 5) is 30.7. The number of amides is 1. The molecule has 1 amide bonds. The molecule has 1 saturated heterocycles. The van der Waals surface area contributed by atoms with Crippen LogP contribution in [0, 0.1) is 11.3 Å². The molecule has 0 atom stereocenters. The van der Waals surface area contributed by atoms with Crippen molar-refractivity contribution in [1.82, 2.24) is 4.90 Å². The van der Waals surface area contributed by atoms with E-state index in [1.54, 1.807) is 48.5 Å². The molecule has 0 unspecified atom stereocenters. The minimum atomic E-state index is -1.04. The number of carboxylic acids is 1. The normalized spacial score (nSPS) is 15.4. The van der Waals surface area contributed by atoms with Crippen LogP contribution in [0.25, 0.3) is 6.08 Å². The van der Waals surface area contributed by atoms with Gasteiger partial charge in [0.2, 0.25) is 0 Å². The van der Waals surface area contributed by atoms with Gasteiger partial charge < -0.3 is 9.84 Å². The Hall–Kier alpha value is -4.06. The number of halogens is 1. The van der Waals surface area contributed by atoms with Crippen LogP contribution in [-0.4, -0.2) is 33.6 Å². The SMILES string of the molecule is CCN1C(=O)/C(=C/c2ccc(OCc3ccccc3C#N)c(Cl)c2)SC1=Nc1cccc(C(=O)O)c1. The lowest BCUT2D eigenvalue weighted by atomic mass is 10.1. The van der Waals surface area contributed by atoms with Gasteiger partial charge in [0, 0.05) is 12.1 Å². The molecule has 1 heterocycles. The number of nitriles is 1. The number of carboxylic acid groups (broad SMARTS) is 1. The van der Waals surface area contributed by atoms with E-state index in [2.05, 4.69) is 11.1 Å². The number of amidine groups is 1. The zero-order valence-corrected chi connectivity index (χ0v) is 20.7. The quantitative estimate of drug-likeness (QED) is 0.379. The smallest absolute Gasteiger partial charge is 0.335 e. The van der Waals surface area contributed by atoms with Gasteiger partial charge in [-0.15, -0.1) is 0 Å². The summed E-state index contributed by atoms with van der Waals surface area (Å²) in [5.74, 6) is -0.772. The Morgan fingerprint density at radius 3 is 2.72 bits per heavy atom. The van der Waals surface area contributed by atoms with Crippen molar-refractivity contribution in [2.45, 2.75) is 13.5 Å². The third-order valence-corrected chi connectivity index (χ3v) is 6.60. The standard InChI is InChI=1S/C27H20ClN3O4S/c1-2-31-25(32)24(36-27(31)30-21-9-5-8-18(14-21)26(33)34)13-17-10-11-23(22(28)12-17)35-16-20-7-4-3-6-19(20)15-29/h3-14H,2,16H2,1H3,(H,33,34)/b24-13-,30-27?. The number of aliphatic imine (C=N–C) groups is 1. The van der Waals surface area contributed by atoms with E-state index < -0.39 is 5.97 Å². The molecule has 0 aromatic heterocycles. The highest BCUT2D eigenvalue weighted by Gasteiger charge is 2.32. The van der Waals surface area contributed by atoms with Crippen molar-refractivity contribution in [2.75, 3.05) is 6.54 Å². The highest BCUT2D eigenvalue weighted by molar-refractivity contribution is 8.18. The second-order valence-electron chi connectivity index (χ2n) is 7.66. The minimum Gasteiger partial charge on any atom is -0.487 e. The topological polar surface area (TPSA) is 103 Å². The lowest BCUT2D eigenvalue weighted by Gasteiger charge is -2.12. The number of rotatable bonds is 7. The Kier molecular flexibility index (Phi) is 7.74. The van der Waals surface area contributed by atoms with Crippen LogP contribution in [0.4, 0.5) is 5.69 Å². The van der Waals surface area contributed by atoms with Gasteiger partial charge in [0.05, 0.1) is 32.8 Å². The second-order valence-corrected chi connectivity index (χ2v) is 9.07. The maximum Gasteiger partial charge on any atom is 0.335 e. The van der Waals surface area contributed by atoms with Crippen molar-refractivity contribution in [3.8, 4) is 11.8 Å². The van der Waals surface area contributed by atoms with Gasteiger partial charge in [0.25, 0.3) is 5.91 Å². The fraction of sp³-hybridized carbons (Fsp3) is 0.111. The molecule has 7 nitrogen and oxygen atoms in total. The fourth-order valence-electron chi connectivity index (χ4n) is 3.48. The molecule has 36 heavy (non-hydrogen) atoms. The molecule has 3 aromatic carbocycles. The summed E-state index contributed by atoms with van der Waals surface area (Å²) < 4.78 is 5.81. The number of thioether (sulfide) groups is 1. The molecule has 0 bridgehead atoms. The van der Waals surface area contributed by atoms with Crippen molar-refractivity contribution in [3.05, 3.63) is 98.9 Å². The Morgan fingerprint density at radius 2 is 2.00 bits per heavy atom. The summed E-state index contributed by atoms with van der Waals surface area (Å²) in [5, 5.41) is 19.3. The molecular weight excluding hydrogens is 498 g/mol. The van der Waals surface area contributed by atoms with Crippen LogP contribution < -0.4 is 4.74 Å². The van der Waals surface area contributed by atoms with E-state index in [0.29, 0.717) is 44.2 Å². The largest absolute Gasteiger partial charge is 0.487 e. The maximum atomic E-state index is 13.0.